The van der Waals surface area contributed by atoms with E-state index in [1.54, 1.807) is 12.1 Å². The number of anilines is 2. The quantitative estimate of drug-likeness (QED) is 0.703. The molecule has 1 aliphatic carbocycles. The third kappa shape index (κ3) is 3.14. The van der Waals surface area contributed by atoms with Crippen LogP contribution in [-0.4, -0.2) is 15.0 Å². The molecule has 0 aliphatic heterocycles. The number of nitrogens with one attached hydrogen (secondary N) is 1. The Balaban J connectivity index is 2.16. The molecule has 1 aromatic carbocycles. The molecule has 0 heterocycles. The summed E-state index contributed by atoms with van der Waals surface area (Å²) < 4.78 is 23.0. The monoisotopic (exact) mass is 269 g/mol. The minimum absolute atomic E-state index is 0.0606. The van der Waals surface area contributed by atoms with Gasteiger partial charge in [0.25, 0.3) is 0 Å². The minimum atomic E-state index is -3.75. The second-order valence-electron chi connectivity index (χ2n) is 5.00. The molecule has 0 aromatic heterocycles. The molecule has 18 heavy (non-hydrogen) atoms. The average Bonchev–Trinajstić information content (AvgIpc) is 3.09. The zero-order chi connectivity index (χ0) is 13.3. The van der Waals surface area contributed by atoms with Crippen LogP contribution in [0, 0.1) is 11.8 Å². The largest absolute Gasteiger partial charge is 0.399 e. The summed E-state index contributed by atoms with van der Waals surface area (Å²) in [4.78, 5) is 0.0606. The van der Waals surface area contributed by atoms with Gasteiger partial charge >= 0.3 is 0 Å². The van der Waals surface area contributed by atoms with Crippen LogP contribution in [0.2, 0.25) is 0 Å². The number of nitrogen functional groups attached to an aromatic ring is 1. The number of primary sulfonamides is 1. The van der Waals surface area contributed by atoms with E-state index in [2.05, 4.69) is 12.2 Å². The van der Waals surface area contributed by atoms with Gasteiger partial charge in [-0.3, -0.25) is 0 Å². The molecule has 5 nitrogen and oxygen atoms in total. The van der Waals surface area contributed by atoms with Crippen molar-refractivity contribution in [3.63, 3.8) is 0 Å². The number of hydrogen-bond acceptors (Lipinski definition) is 4. The Morgan fingerprint density at radius 3 is 2.67 bits per heavy atom. The average molecular weight is 269 g/mol. The van der Waals surface area contributed by atoms with E-state index >= 15 is 0 Å². The van der Waals surface area contributed by atoms with E-state index in [-0.39, 0.29) is 4.90 Å². The van der Waals surface area contributed by atoms with Crippen LogP contribution in [0.1, 0.15) is 19.8 Å². The number of sulfonamides is 1. The maximum atomic E-state index is 11.5. The molecule has 100 valence electrons. The summed E-state index contributed by atoms with van der Waals surface area (Å²) in [5.74, 6) is 1.31. The van der Waals surface area contributed by atoms with Crippen molar-refractivity contribution < 1.29 is 8.42 Å². The SMILES string of the molecule is CC(CNc1ccc(N)cc1S(N)(=O)=O)C1CC1. The second kappa shape index (κ2) is 4.78. The lowest BCUT2D eigenvalue weighted by molar-refractivity contribution is 0.536. The van der Waals surface area contributed by atoms with E-state index in [1.807, 2.05) is 0 Å². The van der Waals surface area contributed by atoms with Crippen molar-refractivity contribution in [2.24, 2.45) is 17.0 Å². The first kappa shape index (κ1) is 13.2. The summed E-state index contributed by atoms with van der Waals surface area (Å²) in [6.45, 7) is 2.91. The van der Waals surface area contributed by atoms with Gasteiger partial charge in [-0.1, -0.05) is 6.92 Å². The van der Waals surface area contributed by atoms with Crippen LogP contribution < -0.4 is 16.2 Å². The summed E-state index contributed by atoms with van der Waals surface area (Å²) in [7, 11) is -3.75. The molecule has 1 saturated carbocycles. The predicted molar refractivity (Wildman–Crippen MR) is 72.6 cm³/mol. The van der Waals surface area contributed by atoms with Crippen molar-refractivity contribution in [3.8, 4) is 0 Å². The summed E-state index contributed by atoms with van der Waals surface area (Å²) in [5, 5.41) is 8.34. The molecular weight excluding hydrogens is 250 g/mol. The molecule has 6 heteroatoms. The maximum Gasteiger partial charge on any atom is 0.240 e. The smallest absolute Gasteiger partial charge is 0.240 e. The molecule has 0 spiro atoms. The summed E-state index contributed by atoms with van der Waals surface area (Å²) in [5.41, 5.74) is 6.51. The fourth-order valence-electron chi connectivity index (χ4n) is 2.02. The van der Waals surface area contributed by atoms with Gasteiger partial charge in [0.2, 0.25) is 10.0 Å². The van der Waals surface area contributed by atoms with Crippen LogP contribution in [0.4, 0.5) is 11.4 Å². The van der Waals surface area contributed by atoms with Crippen LogP contribution >= 0.6 is 0 Å². The minimum Gasteiger partial charge on any atom is -0.399 e. The van der Waals surface area contributed by atoms with E-state index < -0.39 is 10.0 Å². The standard InChI is InChI=1S/C12H19N3O2S/c1-8(9-2-3-9)7-15-11-5-4-10(13)6-12(11)18(14,16)17/h4-6,8-9,15H,2-3,7,13H2,1H3,(H2,14,16,17). The first-order chi connectivity index (χ1) is 8.38. The topological polar surface area (TPSA) is 98.2 Å². The maximum absolute atomic E-state index is 11.5. The van der Waals surface area contributed by atoms with E-state index in [0.29, 0.717) is 17.3 Å². The van der Waals surface area contributed by atoms with Crippen LogP contribution in [0.25, 0.3) is 0 Å². The number of rotatable bonds is 5. The molecule has 0 saturated heterocycles. The van der Waals surface area contributed by atoms with Crippen LogP contribution in [0.5, 0.6) is 0 Å². The van der Waals surface area contributed by atoms with E-state index in [9.17, 15) is 8.42 Å². The molecule has 5 N–H and O–H groups in total. The Morgan fingerprint density at radius 2 is 2.11 bits per heavy atom. The van der Waals surface area contributed by atoms with Gasteiger partial charge < -0.3 is 11.1 Å². The Kier molecular flexibility index (Phi) is 3.49. The highest BCUT2D eigenvalue weighted by atomic mass is 32.2. The van der Waals surface area contributed by atoms with Crippen molar-refractivity contribution in [1.82, 2.24) is 0 Å². The number of benzene rings is 1. The van der Waals surface area contributed by atoms with Gasteiger partial charge in [0.1, 0.15) is 4.90 Å². The third-order valence-corrected chi connectivity index (χ3v) is 4.30. The van der Waals surface area contributed by atoms with Gasteiger partial charge in [-0.25, -0.2) is 13.6 Å². The lowest BCUT2D eigenvalue weighted by Crippen LogP contribution is -2.18. The normalized spacial score (nSPS) is 17.4. The van der Waals surface area contributed by atoms with Gasteiger partial charge in [-0.2, -0.15) is 0 Å². The molecule has 1 fully saturated rings. The molecule has 0 bridgehead atoms. The fourth-order valence-corrected chi connectivity index (χ4v) is 2.77. The molecule has 1 unspecified atom stereocenters. The highest BCUT2D eigenvalue weighted by molar-refractivity contribution is 7.89. The Hall–Kier alpha value is -1.27. The highest BCUT2D eigenvalue weighted by Crippen LogP contribution is 2.36. The molecule has 0 radical (unpaired) electrons. The third-order valence-electron chi connectivity index (χ3n) is 3.35. The van der Waals surface area contributed by atoms with Gasteiger partial charge in [0, 0.05) is 12.2 Å². The molecule has 0 amide bonds. The Bertz CT molecular complexity index is 538. The summed E-state index contributed by atoms with van der Waals surface area (Å²) >= 11 is 0. The molecule has 1 aromatic rings. The fraction of sp³-hybridized carbons (Fsp3) is 0.500. The van der Waals surface area contributed by atoms with Gasteiger partial charge in [-0.15, -0.1) is 0 Å². The highest BCUT2D eigenvalue weighted by Gasteiger charge is 2.27. The van der Waals surface area contributed by atoms with Gasteiger partial charge in [-0.05, 0) is 42.9 Å². The van der Waals surface area contributed by atoms with Crippen molar-refractivity contribution in [3.05, 3.63) is 18.2 Å². The van der Waals surface area contributed by atoms with Crippen molar-refractivity contribution in [2.75, 3.05) is 17.6 Å². The Morgan fingerprint density at radius 1 is 1.44 bits per heavy atom. The van der Waals surface area contributed by atoms with Crippen LogP contribution in [-0.2, 0) is 10.0 Å². The number of hydrogen-bond donors (Lipinski definition) is 3. The summed E-state index contributed by atoms with van der Waals surface area (Å²) in [6, 6.07) is 4.72. The molecule has 1 aliphatic rings. The lowest BCUT2D eigenvalue weighted by Gasteiger charge is -2.15. The molecule has 2 rings (SSSR count). The Labute approximate surface area is 108 Å². The zero-order valence-corrected chi connectivity index (χ0v) is 11.2. The summed E-state index contributed by atoms with van der Waals surface area (Å²) in [6.07, 6.45) is 2.54. The van der Waals surface area contributed by atoms with Crippen molar-refractivity contribution >= 4 is 21.4 Å². The zero-order valence-electron chi connectivity index (χ0n) is 10.4. The van der Waals surface area contributed by atoms with Crippen LogP contribution in [0.15, 0.2) is 23.1 Å². The number of nitrogens with two attached hydrogens (primary N) is 2. The first-order valence-corrected chi connectivity index (χ1v) is 7.59. The van der Waals surface area contributed by atoms with Gasteiger partial charge in [0.05, 0.1) is 5.69 Å². The van der Waals surface area contributed by atoms with Crippen molar-refractivity contribution in [2.45, 2.75) is 24.7 Å². The van der Waals surface area contributed by atoms with Gasteiger partial charge in [0.15, 0.2) is 0 Å². The predicted octanol–water partition coefficient (Wildman–Crippen LogP) is 1.37. The molecular formula is C12H19N3O2S. The first-order valence-electron chi connectivity index (χ1n) is 6.04. The van der Waals surface area contributed by atoms with Crippen LogP contribution in [0.3, 0.4) is 0 Å². The van der Waals surface area contributed by atoms with Crippen molar-refractivity contribution in [1.29, 1.82) is 0 Å². The van der Waals surface area contributed by atoms with E-state index in [0.717, 1.165) is 12.5 Å². The lowest BCUT2D eigenvalue weighted by atomic mass is 10.1. The molecule has 1 atom stereocenters. The van der Waals surface area contributed by atoms with E-state index in [1.165, 1.54) is 18.9 Å². The van der Waals surface area contributed by atoms with E-state index in [4.69, 9.17) is 10.9 Å². The second-order valence-corrected chi connectivity index (χ2v) is 6.53.